The van der Waals surface area contributed by atoms with Crippen LogP contribution >= 0.6 is 7.26 Å². The molecule has 2 atom stereocenters. The highest BCUT2D eigenvalue weighted by Crippen LogP contribution is 2.61. The summed E-state index contributed by atoms with van der Waals surface area (Å²) in [6.45, 7) is 11.8. The zero-order valence-corrected chi connectivity index (χ0v) is 20.5. The minimum absolute atomic E-state index is 0.562. The Hall–Kier alpha value is -0.710. The lowest BCUT2D eigenvalue weighted by Gasteiger charge is -2.28. The third kappa shape index (κ3) is 23.4. The topological polar surface area (TPSA) is 118 Å². The molecule has 2 unspecified atom stereocenters. The SMILES string of the molecule is CC(O)C(=O)O.CC(O)C(=O)[O-].CCCC[P+](CCCC)(CCCC)CCCC. The smallest absolute Gasteiger partial charge is 0.332 e. The average molecular weight is 439 g/mol. The molecule has 0 amide bonds. The van der Waals surface area contributed by atoms with Crippen LogP contribution in [0.15, 0.2) is 0 Å². The van der Waals surface area contributed by atoms with Gasteiger partial charge in [-0.25, -0.2) is 4.79 Å². The average Bonchev–Trinajstić information content (AvgIpc) is 2.67. The summed E-state index contributed by atoms with van der Waals surface area (Å²) >= 11 is 0. The lowest BCUT2D eigenvalue weighted by Crippen LogP contribution is -2.32. The highest BCUT2D eigenvalue weighted by molar-refractivity contribution is 7.75. The molecule has 0 aliphatic heterocycles. The molecule has 29 heavy (non-hydrogen) atoms. The third-order valence-electron chi connectivity index (χ3n) is 4.64. The first-order chi connectivity index (χ1) is 13.5. The molecular formula is C22H47O6P. The molecule has 0 fully saturated rings. The fraction of sp³-hybridized carbons (Fsp3) is 0.909. The summed E-state index contributed by atoms with van der Waals surface area (Å²) in [6, 6.07) is 0. The van der Waals surface area contributed by atoms with Crippen LogP contribution < -0.4 is 5.11 Å². The van der Waals surface area contributed by atoms with Crippen LogP contribution in [0.25, 0.3) is 0 Å². The van der Waals surface area contributed by atoms with Crippen molar-refractivity contribution in [2.24, 2.45) is 0 Å². The Labute approximate surface area is 179 Å². The van der Waals surface area contributed by atoms with Gasteiger partial charge in [-0.05, 0) is 39.5 Å². The van der Waals surface area contributed by atoms with Gasteiger partial charge in [-0.2, -0.15) is 0 Å². The van der Waals surface area contributed by atoms with Gasteiger partial charge in [-0.1, -0.05) is 53.4 Å². The van der Waals surface area contributed by atoms with Crippen molar-refractivity contribution in [3.05, 3.63) is 0 Å². The van der Waals surface area contributed by atoms with Crippen LogP contribution in [0.3, 0.4) is 0 Å². The van der Waals surface area contributed by atoms with Gasteiger partial charge in [-0.3, -0.25) is 0 Å². The first kappa shape index (κ1) is 32.9. The fourth-order valence-electron chi connectivity index (χ4n) is 2.64. The molecule has 0 radical (unpaired) electrons. The number of aliphatic hydroxyl groups is 2. The Kier molecular flexibility index (Phi) is 25.0. The number of aliphatic hydroxyl groups excluding tert-OH is 2. The van der Waals surface area contributed by atoms with Gasteiger partial charge in [-0.15, -0.1) is 0 Å². The minimum Gasteiger partial charge on any atom is -0.547 e. The lowest BCUT2D eigenvalue weighted by molar-refractivity contribution is -0.314. The number of rotatable bonds is 14. The van der Waals surface area contributed by atoms with E-state index in [9.17, 15) is 14.7 Å². The molecule has 176 valence electrons. The number of carbonyl (C=O) groups is 2. The monoisotopic (exact) mass is 438 g/mol. The predicted molar refractivity (Wildman–Crippen MR) is 122 cm³/mol. The van der Waals surface area contributed by atoms with Gasteiger partial charge in [0.2, 0.25) is 0 Å². The van der Waals surface area contributed by atoms with Crippen LogP contribution in [-0.4, -0.2) is 64.1 Å². The normalized spacial score (nSPS) is 12.7. The van der Waals surface area contributed by atoms with E-state index in [-0.39, 0.29) is 0 Å². The van der Waals surface area contributed by atoms with Crippen molar-refractivity contribution in [3.8, 4) is 0 Å². The molecule has 0 aliphatic rings. The van der Waals surface area contributed by atoms with Gasteiger partial charge in [0.25, 0.3) is 0 Å². The number of carbonyl (C=O) groups excluding carboxylic acids is 1. The third-order valence-corrected chi connectivity index (χ3v) is 9.70. The molecule has 3 N–H and O–H groups in total. The highest BCUT2D eigenvalue weighted by atomic mass is 31.2. The second kappa shape index (κ2) is 22.0. The number of hydrogen-bond donors (Lipinski definition) is 3. The molecular weight excluding hydrogens is 391 g/mol. The first-order valence-electron chi connectivity index (χ1n) is 11.2. The Morgan fingerprint density at radius 2 is 0.931 bits per heavy atom. The van der Waals surface area contributed by atoms with Crippen molar-refractivity contribution in [2.45, 2.75) is 105 Å². The summed E-state index contributed by atoms with van der Waals surface area (Å²) in [5.41, 5.74) is 0. The van der Waals surface area contributed by atoms with Gasteiger partial charge < -0.3 is 25.2 Å². The molecule has 0 aromatic heterocycles. The largest absolute Gasteiger partial charge is 0.547 e. The van der Waals surface area contributed by atoms with E-state index in [0.29, 0.717) is 0 Å². The van der Waals surface area contributed by atoms with Crippen LogP contribution in [0.4, 0.5) is 0 Å². The van der Waals surface area contributed by atoms with Gasteiger partial charge in [0, 0.05) is 7.26 Å². The highest BCUT2D eigenvalue weighted by Gasteiger charge is 2.34. The standard InChI is InChI=1S/C16H36P.2C3H6O3/c1-5-9-13-17(14-10-6-2,15-11-7-3)16-12-8-4;2*1-2(4)3(5)6/h5-16H2,1-4H3;2*2,4H,1H3,(H,5,6)/q+1;;/p-1. The Balaban J connectivity index is -0.000000460. The van der Waals surface area contributed by atoms with Crippen LogP contribution in [0.1, 0.15) is 92.9 Å². The van der Waals surface area contributed by atoms with Crippen molar-refractivity contribution < 1.29 is 30.0 Å². The zero-order valence-electron chi connectivity index (χ0n) is 19.7. The minimum atomic E-state index is -1.44. The molecule has 0 aromatic rings. The number of carboxylic acids is 2. The summed E-state index contributed by atoms with van der Waals surface area (Å²) in [7, 11) is -0.562. The van der Waals surface area contributed by atoms with Crippen molar-refractivity contribution in [1.82, 2.24) is 0 Å². The van der Waals surface area contributed by atoms with Crippen LogP contribution in [0.2, 0.25) is 0 Å². The van der Waals surface area contributed by atoms with E-state index in [1.54, 1.807) is 24.6 Å². The van der Waals surface area contributed by atoms with E-state index < -0.39 is 31.4 Å². The molecule has 0 saturated heterocycles. The van der Waals surface area contributed by atoms with E-state index in [2.05, 4.69) is 27.7 Å². The predicted octanol–water partition coefficient (Wildman–Crippen LogP) is 3.77. The summed E-state index contributed by atoms with van der Waals surface area (Å²) in [4.78, 5) is 18.8. The molecule has 0 aliphatic carbocycles. The maximum Gasteiger partial charge on any atom is 0.332 e. The molecule has 0 spiro atoms. The lowest BCUT2D eigenvalue weighted by atomic mass is 10.4. The molecule has 0 saturated carbocycles. The number of hydrogen-bond acceptors (Lipinski definition) is 5. The molecule has 0 rings (SSSR count). The summed E-state index contributed by atoms with van der Waals surface area (Å²) in [5, 5.41) is 33.1. The Bertz CT molecular complexity index is 330. The van der Waals surface area contributed by atoms with Crippen molar-refractivity contribution in [3.63, 3.8) is 0 Å². The van der Waals surface area contributed by atoms with Gasteiger partial charge >= 0.3 is 5.97 Å². The van der Waals surface area contributed by atoms with E-state index in [0.717, 1.165) is 6.92 Å². The van der Waals surface area contributed by atoms with Crippen molar-refractivity contribution in [2.75, 3.05) is 24.6 Å². The number of aliphatic carboxylic acids is 2. The second-order valence-electron chi connectivity index (χ2n) is 7.66. The van der Waals surface area contributed by atoms with E-state index in [1.807, 2.05) is 0 Å². The van der Waals surface area contributed by atoms with E-state index >= 15 is 0 Å². The van der Waals surface area contributed by atoms with Crippen LogP contribution in [0.5, 0.6) is 0 Å². The molecule has 0 heterocycles. The molecule has 0 aromatic carbocycles. The molecule has 6 nitrogen and oxygen atoms in total. The maximum atomic E-state index is 9.45. The first-order valence-corrected chi connectivity index (χ1v) is 13.7. The number of carboxylic acid groups (broad SMARTS) is 2. The summed E-state index contributed by atoms with van der Waals surface area (Å²) in [6.07, 6.45) is 15.4. The van der Waals surface area contributed by atoms with Gasteiger partial charge in [0.05, 0.1) is 36.7 Å². The molecule has 0 bridgehead atoms. The zero-order chi connectivity index (χ0) is 23.3. The van der Waals surface area contributed by atoms with Crippen LogP contribution in [0, 0.1) is 0 Å². The second-order valence-corrected chi connectivity index (χ2v) is 12.1. The Morgan fingerprint density at radius 1 is 0.724 bits per heavy atom. The maximum absolute atomic E-state index is 9.45. The van der Waals surface area contributed by atoms with E-state index in [4.69, 9.17) is 15.3 Å². The Morgan fingerprint density at radius 3 is 1.03 bits per heavy atom. The quantitative estimate of drug-likeness (QED) is 0.355. The molecule has 7 heteroatoms. The van der Waals surface area contributed by atoms with Gasteiger partial charge in [0.15, 0.2) is 0 Å². The number of unbranched alkanes of at least 4 members (excludes halogenated alkanes) is 4. The van der Waals surface area contributed by atoms with Gasteiger partial charge in [0.1, 0.15) is 6.10 Å². The van der Waals surface area contributed by atoms with Crippen LogP contribution in [-0.2, 0) is 9.59 Å². The summed E-state index contributed by atoms with van der Waals surface area (Å²) in [5.74, 6) is -2.62. The summed E-state index contributed by atoms with van der Waals surface area (Å²) < 4.78 is 0. The van der Waals surface area contributed by atoms with E-state index in [1.165, 1.54) is 58.3 Å². The van der Waals surface area contributed by atoms with Crippen molar-refractivity contribution in [1.29, 1.82) is 0 Å². The fourth-order valence-corrected chi connectivity index (χ4v) is 7.93. The van der Waals surface area contributed by atoms with Crippen molar-refractivity contribution >= 4 is 19.2 Å².